The molecule has 3 aromatic rings. The van der Waals surface area contributed by atoms with Gasteiger partial charge in [-0.05, 0) is 74.7 Å². The van der Waals surface area contributed by atoms with Crippen LogP contribution in [-0.4, -0.2) is 58.0 Å². The van der Waals surface area contributed by atoms with E-state index in [1.807, 2.05) is 45.0 Å². The van der Waals surface area contributed by atoms with E-state index in [1.165, 1.54) is 49.5 Å². The minimum Gasteiger partial charge on any atom is -0.493 e. The van der Waals surface area contributed by atoms with E-state index in [0.29, 0.717) is 12.2 Å². The zero-order chi connectivity index (χ0) is 31.0. The average Bonchev–Trinajstić information content (AvgIpc) is 2.98. The summed E-state index contributed by atoms with van der Waals surface area (Å²) in [6.07, 6.45) is 0.701. The highest BCUT2D eigenvalue weighted by molar-refractivity contribution is 7.92. The van der Waals surface area contributed by atoms with Crippen molar-refractivity contribution < 1.29 is 31.9 Å². The second kappa shape index (κ2) is 14.2. The van der Waals surface area contributed by atoms with Crippen LogP contribution in [0.15, 0.2) is 71.6 Å². The van der Waals surface area contributed by atoms with Crippen molar-refractivity contribution in [3.63, 3.8) is 0 Å². The Morgan fingerprint density at radius 1 is 0.952 bits per heavy atom. The molecule has 1 N–H and O–H groups in total. The molecule has 0 aromatic heterocycles. The second-order valence-corrected chi connectivity index (χ2v) is 11.8. The molecule has 11 heteroatoms. The number of nitrogens with zero attached hydrogens (tertiary/aromatic N) is 2. The molecule has 0 saturated carbocycles. The van der Waals surface area contributed by atoms with Gasteiger partial charge in [0, 0.05) is 18.7 Å². The van der Waals surface area contributed by atoms with Crippen molar-refractivity contribution in [2.24, 2.45) is 0 Å². The van der Waals surface area contributed by atoms with Gasteiger partial charge in [0.25, 0.3) is 10.0 Å². The largest absolute Gasteiger partial charge is 0.493 e. The highest BCUT2D eigenvalue weighted by Gasteiger charge is 2.33. The molecule has 0 bridgehead atoms. The summed E-state index contributed by atoms with van der Waals surface area (Å²) in [5.74, 6) is -1.03. The lowest BCUT2D eigenvalue weighted by Crippen LogP contribution is -2.52. The molecule has 42 heavy (non-hydrogen) atoms. The Kier molecular flexibility index (Phi) is 10.9. The number of nitrogens with one attached hydrogen (secondary N) is 1. The fourth-order valence-electron chi connectivity index (χ4n) is 4.26. The lowest BCUT2D eigenvalue weighted by molar-refractivity contribution is -0.139. The van der Waals surface area contributed by atoms with Crippen LogP contribution in [0.3, 0.4) is 0 Å². The molecule has 0 fully saturated rings. The summed E-state index contributed by atoms with van der Waals surface area (Å²) < 4.78 is 53.3. The maximum Gasteiger partial charge on any atom is 0.264 e. The number of ether oxygens (including phenoxy) is 2. The van der Waals surface area contributed by atoms with Crippen LogP contribution >= 0.6 is 0 Å². The molecule has 3 rings (SSSR count). The fraction of sp³-hybridized carbons (Fsp3) is 0.355. The molecule has 226 valence electrons. The summed E-state index contributed by atoms with van der Waals surface area (Å²) in [5.41, 5.74) is 1.80. The van der Waals surface area contributed by atoms with Crippen molar-refractivity contribution in [3.8, 4) is 11.5 Å². The second-order valence-electron chi connectivity index (χ2n) is 9.95. The van der Waals surface area contributed by atoms with Crippen molar-refractivity contribution >= 4 is 27.5 Å². The van der Waals surface area contributed by atoms with Crippen molar-refractivity contribution in [3.05, 3.63) is 83.7 Å². The molecule has 3 aromatic carbocycles. The topological polar surface area (TPSA) is 105 Å². The summed E-state index contributed by atoms with van der Waals surface area (Å²) in [7, 11) is -1.57. The molecule has 0 heterocycles. The molecular formula is C31H38FN3O6S. The van der Waals surface area contributed by atoms with Crippen molar-refractivity contribution in [1.82, 2.24) is 10.2 Å². The number of hydrogen-bond acceptors (Lipinski definition) is 6. The van der Waals surface area contributed by atoms with Gasteiger partial charge in [-0.3, -0.25) is 13.9 Å². The minimum atomic E-state index is -4.38. The van der Waals surface area contributed by atoms with Crippen LogP contribution < -0.4 is 19.1 Å². The van der Waals surface area contributed by atoms with E-state index in [-0.39, 0.29) is 34.8 Å². The predicted octanol–water partition coefficient (Wildman–Crippen LogP) is 4.68. The number of hydrogen-bond donors (Lipinski definition) is 1. The van der Waals surface area contributed by atoms with Gasteiger partial charge in [0.15, 0.2) is 11.5 Å². The number of halogens is 1. The summed E-state index contributed by atoms with van der Waals surface area (Å²) in [5, 5.41) is 2.90. The lowest BCUT2D eigenvalue weighted by atomic mass is 10.1. The van der Waals surface area contributed by atoms with Gasteiger partial charge in [-0.15, -0.1) is 0 Å². The Morgan fingerprint density at radius 2 is 1.60 bits per heavy atom. The maximum absolute atomic E-state index is 14.0. The Morgan fingerprint density at radius 3 is 2.19 bits per heavy atom. The van der Waals surface area contributed by atoms with E-state index in [2.05, 4.69) is 5.32 Å². The van der Waals surface area contributed by atoms with Crippen molar-refractivity contribution in [2.75, 3.05) is 25.1 Å². The molecule has 2 amide bonds. The van der Waals surface area contributed by atoms with Crippen LogP contribution in [0.1, 0.15) is 38.3 Å². The fourth-order valence-corrected chi connectivity index (χ4v) is 5.69. The van der Waals surface area contributed by atoms with Gasteiger partial charge in [-0.25, -0.2) is 12.8 Å². The third-order valence-corrected chi connectivity index (χ3v) is 8.88. The molecule has 0 aliphatic rings. The first-order valence-electron chi connectivity index (χ1n) is 13.6. The molecule has 0 saturated heterocycles. The summed E-state index contributed by atoms with van der Waals surface area (Å²) in [4.78, 5) is 28.4. The number of sulfonamides is 1. The van der Waals surface area contributed by atoms with Gasteiger partial charge < -0.3 is 19.7 Å². The predicted molar refractivity (Wildman–Crippen MR) is 160 cm³/mol. The van der Waals surface area contributed by atoms with Crippen LogP contribution in [0.25, 0.3) is 0 Å². The first kappa shape index (κ1) is 32.4. The molecule has 0 spiro atoms. The van der Waals surface area contributed by atoms with Gasteiger partial charge in [0.05, 0.1) is 24.8 Å². The first-order valence-corrected chi connectivity index (χ1v) is 15.0. The molecule has 0 aliphatic carbocycles. The van der Waals surface area contributed by atoms with Gasteiger partial charge in [-0.2, -0.15) is 0 Å². The van der Waals surface area contributed by atoms with E-state index in [9.17, 15) is 22.4 Å². The molecular weight excluding hydrogens is 561 g/mol. The van der Waals surface area contributed by atoms with Crippen LogP contribution in [0.4, 0.5) is 10.1 Å². The minimum absolute atomic E-state index is 0.0760. The number of aryl methyl sites for hydroxylation is 1. The average molecular weight is 600 g/mol. The Labute approximate surface area is 247 Å². The van der Waals surface area contributed by atoms with E-state index in [4.69, 9.17) is 9.47 Å². The zero-order valence-electron chi connectivity index (χ0n) is 24.8. The van der Waals surface area contributed by atoms with Crippen molar-refractivity contribution in [2.45, 2.75) is 57.6 Å². The Balaban J connectivity index is 2.07. The molecule has 2 atom stereocenters. The highest BCUT2D eigenvalue weighted by Crippen LogP contribution is 2.32. The number of carbonyl (C=O) groups is 2. The Bertz CT molecular complexity index is 1500. The van der Waals surface area contributed by atoms with E-state index < -0.39 is 34.3 Å². The van der Waals surface area contributed by atoms with Crippen molar-refractivity contribution in [1.29, 1.82) is 0 Å². The van der Waals surface area contributed by atoms with E-state index in [0.717, 1.165) is 27.6 Å². The van der Waals surface area contributed by atoms with Crippen LogP contribution in [0, 0.1) is 12.7 Å². The SMILES string of the molecule is CCC(C)NC(=O)C(C)N(Cc1ccccc1C)C(=O)CN(c1ccc(F)cc1)S(=O)(=O)c1ccc(OC)c(OC)c1. The highest BCUT2D eigenvalue weighted by atomic mass is 32.2. The van der Waals surface area contributed by atoms with Crippen LogP contribution in [0.2, 0.25) is 0 Å². The van der Waals surface area contributed by atoms with Crippen LogP contribution in [-0.2, 0) is 26.2 Å². The maximum atomic E-state index is 14.0. The van der Waals surface area contributed by atoms with Crippen LogP contribution in [0.5, 0.6) is 11.5 Å². The smallest absolute Gasteiger partial charge is 0.264 e. The lowest BCUT2D eigenvalue weighted by Gasteiger charge is -2.32. The normalized spacial score (nSPS) is 12.6. The summed E-state index contributed by atoms with van der Waals surface area (Å²) in [6.45, 7) is 6.74. The third-order valence-electron chi connectivity index (χ3n) is 7.11. The molecule has 0 radical (unpaired) electrons. The number of amides is 2. The van der Waals surface area contributed by atoms with E-state index >= 15 is 0 Å². The standard InChI is InChI=1S/C31H38FN3O6S/c1-7-22(3)33-31(37)23(4)34(19-24-11-9-8-10-21(24)2)30(36)20-35(26-14-12-25(32)13-15-26)42(38,39)27-16-17-28(40-5)29(18-27)41-6/h8-18,22-23H,7,19-20H2,1-6H3,(H,33,37). The molecule has 0 aliphatic heterocycles. The molecule has 9 nitrogen and oxygen atoms in total. The summed E-state index contributed by atoms with van der Waals surface area (Å²) >= 11 is 0. The number of rotatable bonds is 13. The monoisotopic (exact) mass is 599 g/mol. The van der Waals surface area contributed by atoms with Gasteiger partial charge in [0.1, 0.15) is 18.4 Å². The first-order chi connectivity index (χ1) is 19.9. The quantitative estimate of drug-likeness (QED) is 0.306. The van der Waals surface area contributed by atoms with Gasteiger partial charge in [-0.1, -0.05) is 31.2 Å². The molecule has 2 unspecified atom stereocenters. The zero-order valence-corrected chi connectivity index (χ0v) is 25.6. The summed E-state index contributed by atoms with van der Waals surface area (Å²) in [6, 6.07) is 15.3. The van der Waals surface area contributed by atoms with E-state index in [1.54, 1.807) is 6.92 Å². The van der Waals surface area contributed by atoms with Gasteiger partial charge in [0.2, 0.25) is 11.8 Å². The number of methoxy groups -OCH3 is 2. The number of anilines is 1. The van der Waals surface area contributed by atoms with Gasteiger partial charge >= 0.3 is 0 Å². The third kappa shape index (κ3) is 7.58. The number of benzene rings is 3. The number of carbonyl (C=O) groups excluding carboxylic acids is 2. The Hall–Kier alpha value is -4.12.